The largest absolute Gasteiger partial charge is 0.497 e. The van der Waals surface area contributed by atoms with Crippen LogP contribution in [0.25, 0.3) is 0 Å². The molecule has 0 atom stereocenters. The zero-order valence-corrected chi connectivity index (χ0v) is 15.4. The van der Waals surface area contributed by atoms with Crippen molar-refractivity contribution in [3.63, 3.8) is 0 Å². The van der Waals surface area contributed by atoms with Crippen LogP contribution in [0.5, 0.6) is 5.75 Å². The third kappa shape index (κ3) is 6.64. The molecule has 1 aromatic rings. The molecular formula is C19H30N4O2. The van der Waals surface area contributed by atoms with Crippen LogP contribution in [-0.4, -0.2) is 56.6 Å². The third-order valence-electron chi connectivity index (χ3n) is 4.24. The topological polar surface area (TPSA) is 66.0 Å². The van der Waals surface area contributed by atoms with Gasteiger partial charge in [0.2, 0.25) is 5.91 Å². The molecule has 0 spiro atoms. The lowest BCUT2D eigenvalue weighted by atomic mass is 10.1. The van der Waals surface area contributed by atoms with Crippen LogP contribution >= 0.6 is 0 Å². The van der Waals surface area contributed by atoms with E-state index in [1.807, 2.05) is 24.0 Å². The van der Waals surface area contributed by atoms with Crippen LogP contribution in [0, 0.1) is 0 Å². The molecule has 1 heterocycles. The van der Waals surface area contributed by atoms with Gasteiger partial charge in [-0.2, -0.15) is 0 Å². The van der Waals surface area contributed by atoms with Crippen LogP contribution in [0.4, 0.5) is 0 Å². The summed E-state index contributed by atoms with van der Waals surface area (Å²) in [6, 6.07) is 8.14. The summed E-state index contributed by atoms with van der Waals surface area (Å²) < 4.78 is 5.25. The molecule has 0 saturated carbocycles. The molecule has 1 aliphatic heterocycles. The second-order valence-corrected chi connectivity index (χ2v) is 6.16. The number of rotatable bonds is 8. The number of ether oxygens (including phenoxy) is 1. The van der Waals surface area contributed by atoms with Crippen molar-refractivity contribution >= 4 is 11.9 Å². The molecule has 1 amide bonds. The highest BCUT2D eigenvalue weighted by atomic mass is 16.5. The first-order valence-corrected chi connectivity index (χ1v) is 9.16. The number of benzene rings is 1. The molecule has 6 nitrogen and oxygen atoms in total. The van der Waals surface area contributed by atoms with Gasteiger partial charge in [0.25, 0.3) is 0 Å². The van der Waals surface area contributed by atoms with E-state index in [1.165, 1.54) is 5.56 Å². The Morgan fingerprint density at radius 2 is 2.08 bits per heavy atom. The summed E-state index contributed by atoms with van der Waals surface area (Å²) >= 11 is 0. The van der Waals surface area contributed by atoms with Gasteiger partial charge in [-0.3, -0.25) is 4.79 Å². The Morgan fingerprint density at radius 1 is 1.28 bits per heavy atom. The minimum atomic E-state index is 0.117. The highest BCUT2D eigenvalue weighted by molar-refractivity contribution is 5.85. The van der Waals surface area contributed by atoms with E-state index in [9.17, 15) is 4.79 Å². The number of methoxy groups -OCH3 is 1. The van der Waals surface area contributed by atoms with Crippen LogP contribution in [0.2, 0.25) is 0 Å². The third-order valence-corrected chi connectivity index (χ3v) is 4.24. The van der Waals surface area contributed by atoms with Gasteiger partial charge in [0.1, 0.15) is 12.3 Å². The summed E-state index contributed by atoms with van der Waals surface area (Å²) in [5.41, 5.74) is 1.26. The van der Waals surface area contributed by atoms with Crippen molar-refractivity contribution in [1.29, 1.82) is 0 Å². The zero-order chi connectivity index (χ0) is 17.9. The van der Waals surface area contributed by atoms with Gasteiger partial charge in [-0.1, -0.05) is 12.1 Å². The molecular weight excluding hydrogens is 316 g/mol. The fourth-order valence-corrected chi connectivity index (χ4v) is 2.88. The van der Waals surface area contributed by atoms with Gasteiger partial charge in [0.15, 0.2) is 5.96 Å². The SMILES string of the molecule is CCNC(=NCC(=O)N1CCCC1)NCCCc1cccc(OC)c1. The molecule has 0 aliphatic carbocycles. The predicted octanol–water partition coefficient (Wildman–Crippen LogP) is 1.81. The molecule has 1 aliphatic rings. The molecule has 25 heavy (non-hydrogen) atoms. The lowest BCUT2D eigenvalue weighted by Crippen LogP contribution is -2.39. The molecule has 2 rings (SSSR count). The van der Waals surface area contributed by atoms with Gasteiger partial charge in [0, 0.05) is 26.2 Å². The Morgan fingerprint density at radius 3 is 2.80 bits per heavy atom. The highest BCUT2D eigenvalue weighted by Gasteiger charge is 2.17. The number of hydrogen-bond acceptors (Lipinski definition) is 3. The Balaban J connectivity index is 1.74. The number of amides is 1. The number of nitrogens with zero attached hydrogens (tertiary/aromatic N) is 2. The maximum absolute atomic E-state index is 12.1. The summed E-state index contributed by atoms with van der Waals surface area (Å²) in [5, 5.41) is 6.50. The molecule has 1 saturated heterocycles. The quantitative estimate of drug-likeness (QED) is 0.428. The maximum atomic E-state index is 12.1. The van der Waals surface area contributed by atoms with E-state index in [4.69, 9.17) is 4.74 Å². The van der Waals surface area contributed by atoms with Gasteiger partial charge in [0.05, 0.1) is 7.11 Å². The van der Waals surface area contributed by atoms with Crippen molar-refractivity contribution in [1.82, 2.24) is 15.5 Å². The number of guanidine groups is 1. The van der Waals surface area contributed by atoms with Gasteiger partial charge < -0.3 is 20.3 Å². The normalized spacial score (nSPS) is 14.5. The number of likely N-dealkylation sites (tertiary alicyclic amines) is 1. The van der Waals surface area contributed by atoms with E-state index in [1.54, 1.807) is 7.11 Å². The molecule has 6 heteroatoms. The van der Waals surface area contributed by atoms with Gasteiger partial charge in [-0.15, -0.1) is 0 Å². The minimum absolute atomic E-state index is 0.117. The Hall–Kier alpha value is -2.24. The molecule has 0 radical (unpaired) electrons. The molecule has 0 aromatic heterocycles. The molecule has 0 unspecified atom stereocenters. The van der Waals surface area contributed by atoms with Gasteiger partial charge in [-0.25, -0.2) is 4.99 Å². The zero-order valence-electron chi connectivity index (χ0n) is 15.4. The van der Waals surface area contributed by atoms with E-state index in [2.05, 4.69) is 27.8 Å². The summed E-state index contributed by atoms with van der Waals surface area (Å²) in [7, 11) is 1.68. The minimum Gasteiger partial charge on any atom is -0.497 e. The first-order chi connectivity index (χ1) is 12.2. The maximum Gasteiger partial charge on any atom is 0.244 e. The number of carbonyl (C=O) groups is 1. The smallest absolute Gasteiger partial charge is 0.244 e. The number of carbonyl (C=O) groups excluding carboxylic acids is 1. The van der Waals surface area contributed by atoms with Crippen molar-refractivity contribution in [3.8, 4) is 5.75 Å². The van der Waals surface area contributed by atoms with Crippen molar-refractivity contribution in [2.24, 2.45) is 4.99 Å². The van der Waals surface area contributed by atoms with E-state index in [0.29, 0.717) is 5.96 Å². The van der Waals surface area contributed by atoms with Crippen molar-refractivity contribution in [2.45, 2.75) is 32.6 Å². The van der Waals surface area contributed by atoms with E-state index >= 15 is 0 Å². The average molecular weight is 346 g/mol. The summed E-state index contributed by atoms with van der Waals surface area (Å²) in [6.07, 6.45) is 4.17. The second-order valence-electron chi connectivity index (χ2n) is 6.16. The van der Waals surface area contributed by atoms with E-state index < -0.39 is 0 Å². The van der Waals surface area contributed by atoms with Crippen LogP contribution in [0.1, 0.15) is 31.7 Å². The van der Waals surface area contributed by atoms with Crippen molar-refractivity contribution in [2.75, 3.05) is 39.8 Å². The van der Waals surface area contributed by atoms with Crippen LogP contribution in [0.15, 0.2) is 29.3 Å². The van der Waals surface area contributed by atoms with Crippen LogP contribution in [-0.2, 0) is 11.2 Å². The molecule has 2 N–H and O–H groups in total. The lowest BCUT2D eigenvalue weighted by molar-refractivity contribution is -0.128. The Bertz CT molecular complexity index is 568. The first-order valence-electron chi connectivity index (χ1n) is 9.16. The molecule has 138 valence electrons. The van der Waals surface area contributed by atoms with E-state index in [-0.39, 0.29) is 12.5 Å². The predicted molar refractivity (Wildman–Crippen MR) is 101 cm³/mol. The van der Waals surface area contributed by atoms with Crippen LogP contribution < -0.4 is 15.4 Å². The Kier molecular flexibility index (Phi) is 8.09. The standard InChI is InChI=1S/C19H30N4O2/c1-3-20-19(22-15-18(24)23-12-4-5-13-23)21-11-7-9-16-8-6-10-17(14-16)25-2/h6,8,10,14H,3-5,7,9,11-13,15H2,1-2H3,(H2,20,21,22). The second kappa shape index (κ2) is 10.6. The first kappa shape index (κ1) is 19.1. The number of aliphatic imine (C=N–C) groups is 1. The molecule has 0 bridgehead atoms. The monoisotopic (exact) mass is 346 g/mol. The van der Waals surface area contributed by atoms with Crippen LogP contribution in [0.3, 0.4) is 0 Å². The number of nitrogens with one attached hydrogen (secondary N) is 2. The summed E-state index contributed by atoms with van der Waals surface area (Å²) in [4.78, 5) is 18.4. The lowest BCUT2D eigenvalue weighted by Gasteiger charge is -2.15. The number of hydrogen-bond donors (Lipinski definition) is 2. The number of aryl methyl sites for hydroxylation is 1. The van der Waals surface area contributed by atoms with E-state index in [0.717, 1.165) is 57.6 Å². The van der Waals surface area contributed by atoms with Crippen molar-refractivity contribution < 1.29 is 9.53 Å². The molecule has 1 fully saturated rings. The van der Waals surface area contributed by atoms with Gasteiger partial charge in [-0.05, 0) is 50.3 Å². The summed E-state index contributed by atoms with van der Waals surface area (Å²) in [5.74, 6) is 1.72. The summed E-state index contributed by atoms with van der Waals surface area (Å²) in [6.45, 7) is 5.57. The van der Waals surface area contributed by atoms with Gasteiger partial charge >= 0.3 is 0 Å². The van der Waals surface area contributed by atoms with Crippen molar-refractivity contribution in [3.05, 3.63) is 29.8 Å². The fraction of sp³-hybridized carbons (Fsp3) is 0.579. The molecule has 1 aromatic carbocycles. The highest BCUT2D eigenvalue weighted by Crippen LogP contribution is 2.13. The Labute approximate surface area is 150 Å². The average Bonchev–Trinajstić information content (AvgIpc) is 3.18. The fourth-order valence-electron chi connectivity index (χ4n) is 2.88.